The third-order valence-electron chi connectivity index (χ3n) is 29.5. The van der Waals surface area contributed by atoms with Gasteiger partial charge in [0.15, 0.2) is 0 Å². The van der Waals surface area contributed by atoms with Crippen LogP contribution in [-0.4, -0.2) is 0 Å². The number of benzene rings is 12. The normalized spacial score (nSPS) is 16.1. The van der Waals surface area contributed by atoms with Gasteiger partial charge in [0.1, 0.15) is 0 Å². The highest BCUT2D eigenvalue weighted by Gasteiger charge is 2.62. The van der Waals surface area contributed by atoms with Gasteiger partial charge in [-0.3, -0.25) is 0 Å². The lowest BCUT2D eigenvalue weighted by Gasteiger charge is -2.48. The fraction of sp³-hybridized carbons (Fsp3) is 0.426. The molecule has 0 bridgehead atoms. The molecule has 0 spiro atoms. The molecule has 0 heterocycles. The minimum atomic E-state index is 0.0604. The minimum absolute atomic E-state index is 0.0604. The summed E-state index contributed by atoms with van der Waals surface area (Å²) in [5, 5.41) is 2.82. The molecule has 4 nitrogen and oxygen atoms in total. The maximum atomic E-state index is 2.64. The predicted octanol–water partition coefficient (Wildman–Crippen LogP) is 36.3. The number of unbranched alkanes of at least 4 members (excludes halogenated alkanes) is 2. The lowest BCUT2D eigenvalue weighted by Crippen LogP contribution is -2.43. The van der Waals surface area contributed by atoms with Crippen LogP contribution in [0.1, 0.15) is 312 Å². The van der Waals surface area contributed by atoms with Crippen molar-refractivity contribution in [3.8, 4) is 11.1 Å². The Morgan fingerprint density at radius 3 is 0.722 bits per heavy atom. The Balaban J connectivity index is 0.000000205. The van der Waals surface area contributed by atoms with Crippen LogP contribution in [0.3, 0.4) is 0 Å². The summed E-state index contributed by atoms with van der Waals surface area (Å²) in [6.45, 7) is 64.8. The Bertz CT molecular complexity index is 5450. The van der Waals surface area contributed by atoms with E-state index in [1.807, 2.05) is 0 Å². The van der Waals surface area contributed by atoms with Gasteiger partial charge in [0.2, 0.25) is 0 Å². The number of fused-ring (bicyclic) bond motifs is 4. The molecule has 4 heteroatoms. The molecule has 3 aliphatic carbocycles. The molecule has 12 aromatic carbocycles. The van der Waals surface area contributed by atoms with Gasteiger partial charge in [-0.05, 0) is 363 Å². The number of nitrogens with zero attached hydrogens (tertiary/aromatic N) is 4. The fourth-order valence-electron chi connectivity index (χ4n) is 22.3. The van der Waals surface area contributed by atoms with Crippen molar-refractivity contribution in [2.24, 2.45) is 11.8 Å². The van der Waals surface area contributed by atoms with Gasteiger partial charge in [0.25, 0.3) is 0 Å². The van der Waals surface area contributed by atoms with Crippen molar-refractivity contribution < 1.29 is 0 Å². The smallest absolute Gasteiger partial charge is 0.0520 e. The number of hydrogen-bond acceptors (Lipinski definition) is 4. The van der Waals surface area contributed by atoms with E-state index >= 15 is 0 Å². The van der Waals surface area contributed by atoms with Gasteiger partial charge in [-0.2, -0.15) is 0 Å². The summed E-state index contributed by atoms with van der Waals surface area (Å²) >= 11 is 0. The van der Waals surface area contributed by atoms with Gasteiger partial charge in [0.05, 0.1) is 22.7 Å². The number of anilines is 12. The molecule has 2 fully saturated rings. The summed E-state index contributed by atoms with van der Waals surface area (Å²) in [6.07, 6.45) is 19.5. The second-order valence-electron chi connectivity index (χ2n) is 43.4. The maximum absolute atomic E-state index is 2.64. The van der Waals surface area contributed by atoms with Gasteiger partial charge in [-0.1, -0.05) is 306 Å². The first-order valence-electron chi connectivity index (χ1n) is 48.5. The zero-order valence-electron chi connectivity index (χ0n) is 82.9. The van der Waals surface area contributed by atoms with Crippen molar-refractivity contribution in [2.45, 2.75) is 329 Å². The SMILES string of the molecule is CCCCC(CC)Cc1cc(N(c2ccc(C)cc2)c2c(C)cc(C(C)(C)C)cc2C)cc2c(CC(CC)CCCC)cc(N(c3ccc(C)cc3)c3c(C)cc(C(C)(C)C)cc3C)cc12.Cc1ccc(N(c2ccc3c(c2)C24CCCC2(CCC4)c2cc(N(c4ccc(C)cc4)c4c(C)cc(C(C)(C)C)cc4C)ccc2-3)c2c(C)cc(C(C)(C)C)cc2C)cc1. The lowest BCUT2D eigenvalue weighted by atomic mass is 9.55. The molecule has 0 N–H and O–H groups in total. The molecule has 0 aromatic heterocycles. The molecule has 0 aliphatic heterocycles. The highest BCUT2D eigenvalue weighted by atomic mass is 15.2. The molecular weight excluding hydrogens is 1520 g/mol. The van der Waals surface area contributed by atoms with Crippen molar-refractivity contribution in [1.29, 1.82) is 0 Å². The van der Waals surface area contributed by atoms with Crippen LogP contribution in [0, 0.1) is 94.9 Å². The molecule has 2 unspecified atom stereocenters. The highest BCUT2D eigenvalue weighted by Crippen LogP contribution is 2.70. The van der Waals surface area contributed by atoms with Gasteiger partial charge >= 0.3 is 0 Å². The molecule has 2 atom stereocenters. The number of rotatable bonds is 24. The van der Waals surface area contributed by atoms with Gasteiger partial charge in [-0.25, -0.2) is 0 Å². The summed E-state index contributed by atoms with van der Waals surface area (Å²) in [5.74, 6) is 1.21. The van der Waals surface area contributed by atoms with Gasteiger partial charge in [0, 0.05) is 56.3 Å². The Morgan fingerprint density at radius 1 is 0.270 bits per heavy atom. The van der Waals surface area contributed by atoms with Crippen LogP contribution in [-0.2, 0) is 45.3 Å². The van der Waals surface area contributed by atoms with E-state index < -0.39 is 0 Å². The first kappa shape index (κ1) is 92.3. The molecule has 15 rings (SSSR count). The summed E-state index contributed by atoms with van der Waals surface area (Å²) in [7, 11) is 0. The van der Waals surface area contributed by atoms with Crippen LogP contribution < -0.4 is 19.6 Å². The maximum Gasteiger partial charge on any atom is 0.0520 e. The molecule has 3 aliphatic rings. The van der Waals surface area contributed by atoms with E-state index in [9.17, 15) is 0 Å². The van der Waals surface area contributed by atoms with Crippen LogP contribution in [0.5, 0.6) is 0 Å². The molecule has 0 amide bonds. The molecule has 0 radical (unpaired) electrons. The van der Waals surface area contributed by atoms with E-state index in [0.29, 0.717) is 11.8 Å². The summed E-state index contributed by atoms with van der Waals surface area (Å²) in [4.78, 5) is 10.3. The predicted molar refractivity (Wildman–Crippen MR) is 551 cm³/mol. The van der Waals surface area contributed by atoms with Crippen molar-refractivity contribution in [2.75, 3.05) is 19.6 Å². The largest absolute Gasteiger partial charge is 0.310 e. The van der Waals surface area contributed by atoms with Gasteiger partial charge in [-0.15, -0.1) is 0 Å². The lowest BCUT2D eigenvalue weighted by molar-refractivity contribution is 0.299. The average Bonchev–Trinajstić information content (AvgIpc) is 1.49. The zero-order chi connectivity index (χ0) is 90.6. The van der Waals surface area contributed by atoms with E-state index in [4.69, 9.17) is 0 Å². The van der Waals surface area contributed by atoms with E-state index in [0.717, 1.165) is 12.8 Å². The molecule has 126 heavy (non-hydrogen) atoms. The highest BCUT2D eigenvalue weighted by molar-refractivity contribution is 5.99. The molecular formula is C122H152N4. The summed E-state index contributed by atoms with van der Waals surface area (Å²) in [6, 6.07) is 81.7. The van der Waals surface area contributed by atoms with Crippen LogP contribution >= 0.6 is 0 Å². The minimum Gasteiger partial charge on any atom is -0.310 e. The monoisotopic (exact) mass is 1670 g/mol. The quantitative estimate of drug-likeness (QED) is 0.0598. The first-order valence-corrected chi connectivity index (χ1v) is 48.5. The Labute approximate surface area is 763 Å². The number of hydrogen-bond donors (Lipinski definition) is 0. The Kier molecular flexibility index (Phi) is 26.9. The zero-order valence-corrected chi connectivity index (χ0v) is 82.9. The molecule has 2 saturated carbocycles. The van der Waals surface area contributed by atoms with Crippen LogP contribution in [0.4, 0.5) is 68.2 Å². The van der Waals surface area contributed by atoms with E-state index in [2.05, 4.69) is 420 Å². The topological polar surface area (TPSA) is 13.0 Å². The average molecular weight is 1670 g/mol. The molecule has 0 saturated heterocycles. The third-order valence-corrected chi connectivity index (χ3v) is 29.5. The van der Waals surface area contributed by atoms with Crippen molar-refractivity contribution >= 4 is 79.0 Å². The van der Waals surface area contributed by atoms with Crippen LogP contribution in [0.15, 0.2) is 206 Å². The standard InChI is InChI=1S/C64H86N2.C58H66N2/c1-17-21-23-49(19-3)37-51-39-57(65(55-29-25-43(5)26-30-55)61-45(7)33-53(34-46(61)8)63(11,12)13)42-60-52(38-50(20-4)24-22-18-2)40-58(41-59(51)60)66(56-31-27-44(6)28-32-56)62-47(9)35-54(36-48(62)10)64(14,15)16;1-37-15-19-45(20-16-37)59(53-39(3)31-43(32-40(53)4)55(7,8)9)47-23-25-49-50-26-24-48(36-52(50)58-29-13-27-57(58,28-14-30-58)51(49)35-47)60(46-21-17-38(2)18-22-46)54-41(5)33-44(34-42(54)6)56(10,11)12/h25-36,39-42,49-50H,17-24,37-38H2,1-16H3;15-26,31-36H,13-14,27-30H2,1-12H3. The summed E-state index contributed by atoms with van der Waals surface area (Å²) in [5.41, 5.74) is 45.8. The number of aryl methyl sites for hydroxylation is 12. The second kappa shape index (κ2) is 36.7. The van der Waals surface area contributed by atoms with Crippen molar-refractivity contribution in [1.82, 2.24) is 0 Å². The molecule has 660 valence electrons. The Hall–Kier alpha value is -9.90. The van der Waals surface area contributed by atoms with E-state index in [1.54, 1.807) is 11.1 Å². The van der Waals surface area contributed by atoms with Crippen LogP contribution in [0.25, 0.3) is 21.9 Å². The molecule has 12 aromatic rings. The second-order valence-corrected chi connectivity index (χ2v) is 43.4. The fourth-order valence-corrected chi connectivity index (χ4v) is 22.3. The third kappa shape index (κ3) is 18.5. The first-order chi connectivity index (χ1) is 59.7. The summed E-state index contributed by atoms with van der Waals surface area (Å²) < 4.78 is 0. The van der Waals surface area contributed by atoms with Crippen molar-refractivity contribution in [3.63, 3.8) is 0 Å². The van der Waals surface area contributed by atoms with E-state index in [1.165, 1.54) is 280 Å². The Morgan fingerprint density at radius 2 is 0.500 bits per heavy atom. The van der Waals surface area contributed by atoms with Crippen molar-refractivity contribution in [3.05, 3.63) is 318 Å². The van der Waals surface area contributed by atoms with E-state index in [-0.39, 0.29) is 32.5 Å². The van der Waals surface area contributed by atoms with Gasteiger partial charge < -0.3 is 19.6 Å². The van der Waals surface area contributed by atoms with Crippen LogP contribution in [0.2, 0.25) is 0 Å².